The first kappa shape index (κ1) is 24.8. The summed E-state index contributed by atoms with van der Waals surface area (Å²) in [6.45, 7) is 3.86. The molecule has 3 N–H and O–H groups in total. The highest BCUT2D eigenvalue weighted by Crippen LogP contribution is 2.44. The maximum Gasteiger partial charge on any atom is 0.211 e. The van der Waals surface area contributed by atoms with Crippen LogP contribution in [0.2, 0.25) is 5.02 Å². The van der Waals surface area contributed by atoms with Crippen molar-refractivity contribution >= 4 is 54.9 Å². The van der Waals surface area contributed by atoms with Crippen molar-refractivity contribution in [2.24, 2.45) is 0 Å². The molecule has 4 rings (SSSR count). The second-order valence-electron chi connectivity index (χ2n) is 7.96. The number of nitrogens with two attached hydrogens (primary N) is 1. The van der Waals surface area contributed by atoms with Gasteiger partial charge in [0.25, 0.3) is 0 Å². The number of hydrogen-bond donors (Lipinski definition) is 2. The van der Waals surface area contributed by atoms with Crippen LogP contribution in [0.1, 0.15) is 26.4 Å². The third-order valence-electron chi connectivity index (χ3n) is 5.49. The minimum atomic E-state index is -4.08. The number of thiophene rings is 1. The molecule has 0 bridgehead atoms. The van der Waals surface area contributed by atoms with Crippen LogP contribution in [0.25, 0.3) is 0 Å². The van der Waals surface area contributed by atoms with E-state index < -0.39 is 9.84 Å². The van der Waals surface area contributed by atoms with Gasteiger partial charge in [0.2, 0.25) is 15.6 Å². The number of benzene rings is 3. The summed E-state index contributed by atoms with van der Waals surface area (Å²) in [7, 11) is -2.57. The highest BCUT2D eigenvalue weighted by molar-refractivity contribution is 7.92. The normalized spacial score (nSPS) is 11.3. The number of sulfone groups is 1. The first-order valence-electron chi connectivity index (χ1n) is 10.6. The quantitative estimate of drug-likeness (QED) is 0.270. The Morgan fingerprint density at radius 2 is 1.66 bits per heavy atom. The van der Waals surface area contributed by atoms with Gasteiger partial charge in [-0.3, -0.25) is 4.79 Å². The van der Waals surface area contributed by atoms with Crippen molar-refractivity contribution in [3.8, 4) is 5.75 Å². The number of nitrogens with one attached hydrogen (secondary N) is 1. The van der Waals surface area contributed by atoms with Gasteiger partial charge in [0, 0.05) is 16.3 Å². The first-order chi connectivity index (χ1) is 16.6. The highest BCUT2D eigenvalue weighted by Gasteiger charge is 2.32. The van der Waals surface area contributed by atoms with Crippen LogP contribution in [0, 0.1) is 13.8 Å². The van der Waals surface area contributed by atoms with Gasteiger partial charge < -0.3 is 15.8 Å². The molecule has 0 spiro atoms. The largest absolute Gasteiger partial charge is 0.497 e. The Balaban J connectivity index is 1.89. The molecular formula is C26H23ClN2O4S2. The van der Waals surface area contributed by atoms with Crippen LogP contribution >= 0.6 is 22.9 Å². The molecule has 0 radical (unpaired) electrons. The van der Waals surface area contributed by atoms with Crippen molar-refractivity contribution in [1.82, 2.24) is 0 Å². The topological polar surface area (TPSA) is 98.5 Å². The molecule has 0 aliphatic heterocycles. The van der Waals surface area contributed by atoms with Gasteiger partial charge in [0.15, 0.2) is 0 Å². The van der Waals surface area contributed by atoms with E-state index in [0.717, 1.165) is 28.2 Å². The lowest BCUT2D eigenvalue weighted by Crippen LogP contribution is -2.08. The summed E-state index contributed by atoms with van der Waals surface area (Å²) in [6.07, 6.45) is 0. The van der Waals surface area contributed by atoms with Gasteiger partial charge in [-0.25, -0.2) is 8.42 Å². The van der Waals surface area contributed by atoms with Gasteiger partial charge in [-0.05, 0) is 79.6 Å². The van der Waals surface area contributed by atoms with E-state index >= 15 is 0 Å². The number of carbonyl (C=O) groups is 1. The van der Waals surface area contributed by atoms with Gasteiger partial charge >= 0.3 is 0 Å². The number of carbonyl (C=O) groups excluding carboxylic acids is 1. The van der Waals surface area contributed by atoms with E-state index in [1.54, 1.807) is 36.4 Å². The van der Waals surface area contributed by atoms with Gasteiger partial charge in [0.05, 0.1) is 17.7 Å². The molecule has 0 atom stereocenters. The van der Waals surface area contributed by atoms with Crippen LogP contribution in [0.4, 0.5) is 16.4 Å². The molecule has 0 amide bonds. The predicted molar refractivity (Wildman–Crippen MR) is 141 cm³/mol. The second-order valence-corrected chi connectivity index (χ2v) is 11.3. The zero-order chi connectivity index (χ0) is 25.3. The Hall–Kier alpha value is -3.33. The molecule has 1 aromatic heterocycles. The molecule has 6 nitrogen and oxygen atoms in total. The Morgan fingerprint density at radius 3 is 2.29 bits per heavy atom. The second kappa shape index (κ2) is 9.73. The van der Waals surface area contributed by atoms with E-state index in [4.69, 9.17) is 22.1 Å². The molecule has 0 saturated carbocycles. The number of aryl methyl sites for hydroxylation is 2. The third-order valence-corrected chi connectivity index (χ3v) is 8.85. The van der Waals surface area contributed by atoms with Crippen molar-refractivity contribution in [2.45, 2.75) is 23.6 Å². The Labute approximate surface area is 213 Å². The average Bonchev–Trinajstić information content (AvgIpc) is 3.17. The molecule has 0 aliphatic carbocycles. The van der Waals surface area contributed by atoms with Crippen molar-refractivity contribution in [3.05, 3.63) is 93.3 Å². The van der Waals surface area contributed by atoms with E-state index in [-0.39, 0.29) is 31.1 Å². The van der Waals surface area contributed by atoms with Crippen LogP contribution in [-0.2, 0) is 9.84 Å². The van der Waals surface area contributed by atoms with Gasteiger partial charge in [-0.2, -0.15) is 0 Å². The summed E-state index contributed by atoms with van der Waals surface area (Å²) in [5.41, 5.74) is 9.29. The fourth-order valence-corrected chi connectivity index (χ4v) is 6.60. The van der Waals surface area contributed by atoms with E-state index in [1.807, 2.05) is 32.0 Å². The molecule has 35 heavy (non-hydrogen) atoms. The minimum Gasteiger partial charge on any atom is -0.497 e. The van der Waals surface area contributed by atoms with Gasteiger partial charge in [-0.15, -0.1) is 11.3 Å². The fraction of sp³-hybridized carbons (Fsp3) is 0.115. The summed E-state index contributed by atoms with van der Waals surface area (Å²) in [5, 5.41) is 3.97. The molecule has 4 aromatic rings. The first-order valence-corrected chi connectivity index (χ1v) is 13.3. The number of hydrogen-bond acceptors (Lipinski definition) is 7. The van der Waals surface area contributed by atoms with E-state index in [2.05, 4.69) is 5.32 Å². The molecule has 0 aliphatic rings. The smallest absolute Gasteiger partial charge is 0.211 e. The van der Waals surface area contributed by atoms with Crippen molar-refractivity contribution in [1.29, 1.82) is 0 Å². The lowest BCUT2D eigenvalue weighted by Gasteiger charge is -2.12. The summed E-state index contributed by atoms with van der Waals surface area (Å²) in [4.78, 5) is 13.4. The standard InChI is InChI=1S/C26H23ClN2O4S2/c1-15-4-5-16(2)21(14-15)29-26-25(35(31,32)20-12-10-19(33-3)11-13-20)22(28)24(34-26)23(30)17-6-8-18(27)9-7-17/h4-14,29H,28H2,1-3H3. The SMILES string of the molecule is COc1ccc(S(=O)(=O)c2c(Nc3cc(C)ccc3C)sc(C(=O)c3ccc(Cl)cc3)c2N)cc1. The number of anilines is 3. The monoisotopic (exact) mass is 526 g/mol. The number of nitrogen functional groups attached to an aromatic ring is 1. The summed E-state index contributed by atoms with van der Waals surface area (Å²) in [6, 6.07) is 18.2. The zero-order valence-corrected chi connectivity index (χ0v) is 21.6. The van der Waals surface area contributed by atoms with Gasteiger partial charge in [0.1, 0.15) is 20.5 Å². The number of methoxy groups -OCH3 is 1. The van der Waals surface area contributed by atoms with Crippen LogP contribution in [0.5, 0.6) is 5.75 Å². The Kier molecular flexibility index (Phi) is 6.89. The molecule has 9 heteroatoms. The lowest BCUT2D eigenvalue weighted by atomic mass is 10.1. The van der Waals surface area contributed by atoms with Crippen LogP contribution in [0.3, 0.4) is 0 Å². The van der Waals surface area contributed by atoms with Crippen LogP contribution in [0.15, 0.2) is 76.5 Å². The van der Waals surface area contributed by atoms with Crippen molar-refractivity contribution < 1.29 is 17.9 Å². The molecule has 0 saturated heterocycles. The van der Waals surface area contributed by atoms with E-state index in [9.17, 15) is 13.2 Å². The summed E-state index contributed by atoms with van der Waals surface area (Å²) < 4.78 is 32.7. The van der Waals surface area contributed by atoms with Crippen molar-refractivity contribution in [3.63, 3.8) is 0 Å². The Bertz CT molecular complexity index is 1510. The number of ketones is 1. The van der Waals surface area contributed by atoms with E-state index in [0.29, 0.717) is 16.3 Å². The fourth-order valence-electron chi connectivity index (χ4n) is 3.54. The van der Waals surface area contributed by atoms with Gasteiger partial charge in [-0.1, -0.05) is 23.7 Å². The average molecular weight is 527 g/mol. The predicted octanol–water partition coefficient (Wildman–Crippen LogP) is 6.42. The Morgan fingerprint density at radius 1 is 1.00 bits per heavy atom. The van der Waals surface area contributed by atoms with E-state index in [1.165, 1.54) is 19.2 Å². The molecule has 0 unspecified atom stereocenters. The molecule has 3 aromatic carbocycles. The molecule has 1 heterocycles. The van der Waals surface area contributed by atoms with Crippen molar-refractivity contribution in [2.75, 3.05) is 18.2 Å². The lowest BCUT2D eigenvalue weighted by molar-refractivity contribution is 0.104. The molecular weight excluding hydrogens is 504 g/mol. The maximum atomic E-state index is 13.8. The maximum absolute atomic E-state index is 13.8. The minimum absolute atomic E-state index is 0.0392. The molecule has 0 fully saturated rings. The number of rotatable bonds is 7. The number of halogens is 1. The summed E-state index contributed by atoms with van der Waals surface area (Å²) in [5.74, 6) is 0.138. The molecule has 180 valence electrons. The highest BCUT2D eigenvalue weighted by atomic mass is 35.5. The third kappa shape index (κ3) is 4.91. The summed E-state index contributed by atoms with van der Waals surface area (Å²) >= 11 is 6.97. The zero-order valence-electron chi connectivity index (χ0n) is 19.3. The van der Waals surface area contributed by atoms with Crippen LogP contribution < -0.4 is 15.8 Å². The van der Waals surface area contributed by atoms with Crippen LogP contribution in [-0.4, -0.2) is 21.3 Å². The number of ether oxygens (including phenoxy) is 1.